The molecule has 3 heteroatoms. The first kappa shape index (κ1) is 19.8. The van der Waals surface area contributed by atoms with Gasteiger partial charge in [0.1, 0.15) is 5.76 Å². The topological polar surface area (TPSA) is 49.7 Å². The molecule has 1 unspecified atom stereocenters. The van der Waals surface area contributed by atoms with Crippen LogP contribution in [0.25, 0.3) is 10.8 Å². The number of carbonyl (C=O) groups is 1. The van der Waals surface area contributed by atoms with Crippen molar-refractivity contribution in [2.24, 2.45) is 4.99 Å². The maximum absolute atomic E-state index is 13.1. The molecule has 1 N–H and O–H groups in total. The molecule has 0 radical (unpaired) electrons. The van der Waals surface area contributed by atoms with Crippen LogP contribution in [0.4, 0.5) is 0 Å². The lowest BCUT2D eigenvalue weighted by atomic mass is 9.80. The minimum absolute atomic E-state index is 0.000611. The molecule has 0 fully saturated rings. The number of nitrogens with zero attached hydrogens (tertiary/aromatic N) is 1. The summed E-state index contributed by atoms with van der Waals surface area (Å²) in [5, 5.41) is 13.2. The molecule has 4 rings (SSSR count). The first-order valence-corrected chi connectivity index (χ1v) is 10.3. The third kappa shape index (κ3) is 4.11. The zero-order chi connectivity index (χ0) is 20.9. The number of Topliss-reactive ketones (excluding diaryl/α,β-unsaturated/α-hetero) is 1. The van der Waals surface area contributed by atoms with Crippen LogP contribution in [-0.2, 0) is 11.2 Å². The Kier molecular flexibility index (Phi) is 5.89. The van der Waals surface area contributed by atoms with E-state index >= 15 is 0 Å². The second kappa shape index (κ2) is 8.91. The van der Waals surface area contributed by atoms with Gasteiger partial charge in [-0.15, -0.1) is 6.58 Å². The van der Waals surface area contributed by atoms with Gasteiger partial charge < -0.3 is 5.11 Å². The van der Waals surface area contributed by atoms with Gasteiger partial charge in [-0.25, -0.2) is 0 Å². The molecular formula is C27H25NO2. The molecule has 30 heavy (non-hydrogen) atoms. The highest BCUT2D eigenvalue weighted by atomic mass is 16.3. The number of rotatable bonds is 6. The lowest BCUT2D eigenvalue weighted by molar-refractivity contribution is -0.116. The SMILES string of the molecule is C=CCN=C(Cc1cccc2ccccc12)C1=C(O)CC(c2ccccc2)CC1=O. The molecule has 0 saturated carbocycles. The van der Waals surface area contributed by atoms with Gasteiger partial charge in [-0.05, 0) is 27.8 Å². The highest BCUT2D eigenvalue weighted by Gasteiger charge is 2.31. The quantitative estimate of drug-likeness (QED) is 0.413. The fourth-order valence-electron chi connectivity index (χ4n) is 4.21. The van der Waals surface area contributed by atoms with E-state index in [4.69, 9.17) is 0 Å². The molecule has 0 spiro atoms. The Balaban J connectivity index is 1.70. The Morgan fingerprint density at radius 2 is 1.73 bits per heavy atom. The maximum atomic E-state index is 13.1. The minimum atomic E-state index is -0.0457. The summed E-state index contributed by atoms with van der Waals surface area (Å²) in [6.07, 6.45) is 3.04. The Labute approximate surface area is 177 Å². The fraction of sp³-hybridized carbons (Fsp3) is 0.185. The molecule has 3 aromatic carbocycles. The van der Waals surface area contributed by atoms with E-state index in [2.05, 4.69) is 35.8 Å². The number of hydrogen-bond donors (Lipinski definition) is 1. The van der Waals surface area contributed by atoms with Crippen LogP contribution >= 0.6 is 0 Å². The summed E-state index contributed by atoms with van der Waals surface area (Å²) < 4.78 is 0. The summed E-state index contributed by atoms with van der Waals surface area (Å²) in [5.41, 5.74) is 3.20. The van der Waals surface area contributed by atoms with E-state index in [1.54, 1.807) is 6.08 Å². The molecule has 0 heterocycles. The van der Waals surface area contributed by atoms with Crippen LogP contribution in [0, 0.1) is 0 Å². The monoisotopic (exact) mass is 395 g/mol. The lowest BCUT2D eigenvalue weighted by Crippen LogP contribution is -2.25. The van der Waals surface area contributed by atoms with E-state index < -0.39 is 0 Å². The smallest absolute Gasteiger partial charge is 0.168 e. The molecule has 3 nitrogen and oxygen atoms in total. The highest BCUT2D eigenvalue weighted by molar-refractivity contribution is 6.24. The Hall–Kier alpha value is -3.46. The molecule has 150 valence electrons. The normalized spacial score (nSPS) is 17.4. The van der Waals surface area contributed by atoms with Crippen molar-refractivity contribution in [3.63, 3.8) is 0 Å². The van der Waals surface area contributed by atoms with Crippen molar-refractivity contribution in [3.05, 3.63) is 108 Å². The molecule has 3 aromatic rings. The maximum Gasteiger partial charge on any atom is 0.168 e. The van der Waals surface area contributed by atoms with Crippen LogP contribution in [-0.4, -0.2) is 23.1 Å². The van der Waals surface area contributed by atoms with Crippen LogP contribution < -0.4 is 0 Å². The van der Waals surface area contributed by atoms with Crippen LogP contribution in [0.5, 0.6) is 0 Å². The Morgan fingerprint density at radius 3 is 2.50 bits per heavy atom. The van der Waals surface area contributed by atoms with Gasteiger partial charge >= 0.3 is 0 Å². The Bertz CT molecular complexity index is 1140. The average Bonchev–Trinajstić information content (AvgIpc) is 2.77. The highest BCUT2D eigenvalue weighted by Crippen LogP contribution is 2.34. The van der Waals surface area contributed by atoms with Crippen LogP contribution in [0.2, 0.25) is 0 Å². The van der Waals surface area contributed by atoms with E-state index in [0.717, 1.165) is 21.9 Å². The summed E-state index contributed by atoms with van der Waals surface area (Å²) in [6.45, 7) is 4.16. The van der Waals surface area contributed by atoms with Crippen molar-refractivity contribution >= 4 is 22.3 Å². The number of carbonyl (C=O) groups excluding carboxylic acids is 1. The van der Waals surface area contributed by atoms with Crippen LogP contribution in [0.15, 0.2) is 102 Å². The molecule has 1 aliphatic carbocycles. The predicted molar refractivity (Wildman–Crippen MR) is 123 cm³/mol. The fourth-order valence-corrected chi connectivity index (χ4v) is 4.21. The summed E-state index contributed by atoms with van der Waals surface area (Å²) >= 11 is 0. The number of aliphatic hydroxyl groups is 1. The van der Waals surface area contributed by atoms with Gasteiger partial charge in [0.2, 0.25) is 0 Å². The van der Waals surface area contributed by atoms with E-state index in [9.17, 15) is 9.90 Å². The second-order valence-electron chi connectivity index (χ2n) is 7.65. The number of aliphatic imine (C=N–C) groups is 1. The third-order valence-corrected chi connectivity index (χ3v) is 5.65. The van der Waals surface area contributed by atoms with Gasteiger partial charge in [0, 0.05) is 19.3 Å². The minimum Gasteiger partial charge on any atom is -0.511 e. The number of hydrogen-bond acceptors (Lipinski definition) is 3. The molecule has 1 atom stereocenters. The number of ketones is 1. The average molecular weight is 396 g/mol. The van der Waals surface area contributed by atoms with Gasteiger partial charge in [-0.1, -0.05) is 78.9 Å². The standard InChI is InChI=1S/C27H25NO2/c1-2-15-28-24(16-21-13-8-12-20-11-6-7-14-23(20)21)27-25(29)17-22(18-26(27)30)19-9-4-3-5-10-19/h2-14,22,29H,1,15-18H2. The first-order chi connectivity index (χ1) is 14.7. The lowest BCUT2D eigenvalue weighted by Gasteiger charge is -2.25. The molecule has 0 aromatic heterocycles. The first-order valence-electron chi connectivity index (χ1n) is 10.3. The Morgan fingerprint density at radius 1 is 1.00 bits per heavy atom. The van der Waals surface area contributed by atoms with Crippen molar-refractivity contribution in [2.75, 3.05) is 6.54 Å². The number of benzene rings is 3. The summed E-state index contributed by atoms with van der Waals surface area (Å²) in [4.78, 5) is 17.7. The zero-order valence-corrected chi connectivity index (χ0v) is 16.9. The summed E-state index contributed by atoms with van der Waals surface area (Å²) in [7, 11) is 0. The van der Waals surface area contributed by atoms with Gasteiger partial charge in [-0.3, -0.25) is 9.79 Å². The van der Waals surface area contributed by atoms with Crippen LogP contribution in [0.3, 0.4) is 0 Å². The van der Waals surface area contributed by atoms with Gasteiger partial charge in [0.05, 0.1) is 17.8 Å². The van der Waals surface area contributed by atoms with E-state index in [1.165, 1.54) is 0 Å². The molecule has 0 aliphatic heterocycles. The summed E-state index contributed by atoms with van der Waals surface area (Å²) in [6, 6.07) is 24.3. The van der Waals surface area contributed by atoms with Gasteiger partial charge in [0.25, 0.3) is 0 Å². The van der Waals surface area contributed by atoms with E-state index in [0.29, 0.717) is 37.1 Å². The largest absolute Gasteiger partial charge is 0.511 e. The van der Waals surface area contributed by atoms with Crippen molar-refractivity contribution in [1.29, 1.82) is 0 Å². The predicted octanol–water partition coefficient (Wildman–Crippen LogP) is 5.97. The van der Waals surface area contributed by atoms with E-state index in [-0.39, 0.29) is 17.5 Å². The van der Waals surface area contributed by atoms with Crippen molar-refractivity contribution in [1.82, 2.24) is 0 Å². The number of allylic oxidation sites excluding steroid dienone is 2. The van der Waals surface area contributed by atoms with Crippen molar-refractivity contribution in [3.8, 4) is 0 Å². The van der Waals surface area contributed by atoms with Crippen LogP contribution in [0.1, 0.15) is 29.9 Å². The molecule has 1 aliphatic rings. The molecule has 0 amide bonds. The molecule has 0 saturated heterocycles. The van der Waals surface area contributed by atoms with Crippen molar-refractivity contribution in [2.45, 2.75) is 25.2 Å². The van der Waals surface area contributed by atoms with Crippen molar-refractivity contribution < 1.29 is 9.90 Å². The molecule has 0 bridgehead atoms. The number of aliphatic hydroxyl groups excluding tert-OH is 1. The van der Waals surface area contributed by atoms with Gasteiger partial charge in [0.15, 0.2) is 5.78 Å². The zero-order valence-electron chi connectivity index (χ0n) is 16.9. The molecular weight excluding hydrogens is 370 g/mol. The number of fused-ring (bicyclic) bond motifs is 1. The second-order valence-corrected chi connectivity index (χ2v) is 7.65. The van der Waals surface area contributed by atoms with Gasteiger partial charge in [-0.2, -0.15) is 0 Å². The third-order valence-electron chi connectivity index (χ3n) is 5.65. The summed E-state index contributed by atoms with van der Waals surface area (Å²) in [5.74, 6) is 0.0967. The van der Waals surface area contributed by atoms with E-state index in [1.807, 2.05) is 48.5 Å².